The summed E-state index contributed by atoms with van der Waals surface area (Å²) < 4.78 is 11.0. The van der Waals surface area contributed by atoms with Crippen molar-refractivity contribution >= 4 is 11.9 Å². The summed E-state index contributed by atoms with van der Waals surface area (Å²) in [6.45, 7) is 6.34. The number of hydrogen-bond donors (Lipinski definition) is 1. The standard InChI is InChI=1S/C24H46O5/c1-4-6-8-10-12-14-16-22(26)28-21-19-24(3,18-20-25)29-23(27)17-15-13-11-9-7-5-2/h25H,4-21H2,1-3H3. The SMILES string of the molecule is CCCCCCCCC(=O)OCCC(C)(CCO)OC(=O)CCCCCCCC. The summed E-state index contributed by atoms with van der Waals surface area (Å²) in [5.74, 6) is -0.417. The fraction of sp³-hybridized carbons (Fsp3) is 0.917. The largest absolute Gasteiger partial charge is 0.466 e. The van der Waals surface area contributed by atoms with Crippen LogP contribution in [0.2, 0.25) is 0 Å². The lowest BCUT2D eigenvalue weighted by Gasteiger charge is -2.29. The first-order valence-corrected chi connectivity index (χ1v) is 12.0. The summed E-state index contributed by atoms with van der Waals surface area (Å²) >= 11 is 0. The number of carbonyl (C=O) groups excluding carboxylic acids is 2. The van der Waals surface area contributed by atoms with Crippen molar-refractivity contribution in [1.29, 1.82) is 0 Å². The van der Waals surface area contributed by atoms with E-state index in [4.69, 9.17) is 9.47 Å². The molecular weight excluding hydrogens is 368 g/mol. The zero-order chi connectivity index (χ0) is 21.8. The third kappa shape index (κ3) is 17.5. The second-order valence-corrected chi connectivity index (χ2v) is 8.40. The number of esters is 2. The van der Waals surface area contributed by atoms with Crippen LogP contribution in [0.3, 0.4) is 0 Å². The Labute approximate surface area is 178 Å². The average Bonchev–Trinajstić information content (AvgIpc) is 2.67. The molecule has 0 aliphatic carbocycles. The molecule has 0 heterocycles. The van der Waals surface area contributed by atoms with Crippen molar-refractivity contribution in [2.45, 2.75) is 129 Å². The van der Waals surface area contributed by atoms with E-state index in [1.165, 1.54) is 44.9 Å². The van der Waals surface area contributed by atoms with E-state index in [2.05, 4.69) is 13.8 Å². The normalized spacial score (nSPS) is 13.1. The van der Waals surface area contributed by atoms with E-state index in [0.29, 0.717) is 25.7 Å². The van der Waals surface area contributed by atoms with Crippen molar-refractivity contribution in [2.75, 3.05) is 13.2 Å². The summed E-state index contributed by atoms with van der Waals surface area (Å²) in [5.41, 5.74) is -0.783. The quantitative estimate of drug-likeness (QED) is 0.192. The lowest BCUT2D eigenvalue weighted by molar-refractivity contribution is -0.162. The summed E-state index contributed by atoms with van der Waals surface area (Å²) in [7, 11) is 0. The molecule has 0 rings (SSSR count). The molecular formula is C24H46O5. The molecule has 5 nitrogen and oxygen atoms in total. The van der Waals surface area contributed by atoms with Crippen LogP contribution < -0.4 is 0 Å². The summed E-state index contributed by atoms with van der Waals surface area (Å²) in [4.78, 5) is 24.0. The molecule has 0 amide bonds. The van der Waals surface area contributed by atoms with E-state index in [1.807, 2.05) is 6.92 Å². The van der Waals surface area contributed by atoms with Crippen molar-refractivity contribution in [2.24, 2.45) is 0 Å². The van der Waals surface area contributed by atoms with Gasteiger partial charge in [-0.2, -0.15) is 0 Å². The fourth-order valence-corrected chi connectivity index (χ4v) is 3.34. The molecule has 0 bridgehead atoms. The van der Waals surface area contributed by atoms with Crippen LogP contribution in [-0.2, 0) is 19.1 Å². The van der Waals surface area contributed by atoms with Crippen LogP contribution in [0, 0.1) is 0 Å². The number of unbranched alkanes of at least 4 members (excludes halogenated alkanes) is 10. The van der Waals surface area contributed by atoms with Crippen LogP contribution in [0.4, 0.5) is 0 Å². The smallest absolute Gasteiger partial charge is 0.306 e. The molecule has 0 saturated heterocycles. The minimum absolute atomic E-state index is 0.0630. The van der Waals surface area contributed by atoms with Gasteiger partial charge in [0.25, 0.3) is 0 Å². The first kappa shape index (κ1) is 27.9. The Balaban J connectivity index is 4.01. The van der Waals surface area contributed by atoms with Crippen LogP contribution in [0.15, 0.2) is 0 Å². The van der Waals surface area contributed by atoms with Gasteiger partial charge in [0.05, 0.1) is 6.61 Å². The van der Waals surface area contributed by atoms with Gasteiger partial charge in [-0.3, -0.25) is 9.59 Å². The second kappa shape index (κ2) is 18.9. The Bertz CT molecular complexity index is 410. The maximum absolute atomic E-state index is 12.2. The maximum atomic E-state index is 12.2. The Morgan fingerprint density at radius 3 is 1.72 bits per heavy atom. The number of aliphatic hydroxyl groups excluding tert-OH is 1. The molecule has 0 spiro atoms. The highest BCUT2D eigenvalue weighted by molar-refractivity contribution is 5.70. The number of ether oxygens (including phenoxy) is 2. The Morgan fingerprint density at radius 1 is 0.724 bits per heavy atom. The van der Waals surface area contributed by atoms with Gasteiger partial charge in [-0.25, -0.2) is 0 Å². The number of aliphatic hydroxyl groups is 1. The fourth-order valence-electron chi connectivity index (χ4n) is 3.34. The average molecular weight is 415 g/mol. The third-order valence-electron chi connectivity index (χ3n) is 5.36. The van der Waals surface area contributed by atoms with E-state index in [-0.39, 0.29) is 25.2 Å². The predicted octanol–water partition coefficient (Wildman–Crippen LogP) is 6.11. The molecule has 172 valence electrons. The zero-order valence-corrected chi connectivity index (χ0v) is 19.3. The van der Waals surface area contributed by atoms with Gasteiger partial charge < -0.3 is 14.6 Å². The Hall–Kier alpha value is -1.10. The third-order valence-corrected chi connectivity index (χ3v) is 5.36. The van der Waals surface area contributed by atoms with E-state index < -0.39 is 5.60 Å². The van der Waals surface area contributed by atoms with Crippen molar-refractivity contribution in [3.05, 3.63) is 0 Å². The van der Waals surface area contributed by atoms with Crippen LogP contribution in [0.1, 0.15) is 124 Å². The molecule has 1 N–H and O–H groups in total. The lowest BCUT2D eigenvalue weighted by Crippen LogP contribution is -2.34. The first-order valence-electron chi connectivity index (χ1n) is 12.0. The van der Waals surface area contributed by atoms with Crippen LogP contribution >= 0.6 is 0 Å². The van der Waals surface area contributed by atoms with Gasteiger partial charge in [-0.05, 0) is 19.8 Å². The molecule has 5 heteroatoms. The maximum Gasteiger partial charge on any atom is 0.306 e. The highest BCUT2D eigenvalue weighted by Gasteiger charge is 2.28. The molecule has 0 saturated carbocycles. The van der Waals surface area contributed by atoms with Crippen molar-refractivity contribution < 1.29 is 24.2 Å². The van der Waals surface area contributed by atoms with Gasteiger partial charge in [-0.15, -0.1) is 0 Å². The molecule has 0 fully saturated rings. The van der Waals surface area contributed by atoms with E-state index >= 15 is 0 Å². The molecule has 29 heavy (non-hydrogen) atoms. The summed E-state index contributed by atoms with van der Waals surface area (Å²) in [6.07, 6.45) is 15.1. The molecule has 1 atom stereocenters. The van der Waals surface area contributed by atoms with Gasteiger partial charge in [0.15, 0.2) is 0 Å². The minimum Gasteiger partial charge on any atom is -0.466 e. The number of hydrogen-bond acceptors (Lipinski definition) is 5. The molecule has 0 aromatic rings. The number of carbonyl (C=O) groups is 2. The van der Waals surface area contributed by atoms with Gasteiger partial charge >= 0.3 is 11.9 Å². The minimum atomic E-state index is -0.783. The molecule has 0 aromatic carbocycles. The van der Waals surface area contributed by atoms with Gasteiger partial charge in [0.2, 0.25) is 0 Å². The molecule has 0 aliphatic rings. The highest BCUT2D eigenvalue weighted by Crippen LogP contribution is 2.22. The van der Waals surface area contributed by atoms with Crippen molar-refractivity contribution in [1.82, 2.24) is 0 Å². The van der Waals surface area contributed by atoms with Crippen LogP contribution in [-0.4, -0.2) is 35.9 Å². The van der Waals surface area contributed by atoms with Gasteiger partial charge in [0.1, 0.15) is 5.60 Å². The van der Waals surface area contributed by atoms with Crippen LogP contribution in [0.25, 0.3) is 0 Å². The van der Waals surface area contributed by atoms with Gasteiger partial charge in [-0.1, -0.05) is 78.1 Å². The Kier molecular flexibility index (Phi) is 18.2. The van der Waals surface area contributed by atoms with E-state index in [1.54, 1.807) is 0 Å². The first-order chi connectivity index (χ1) is 14.0. The van der Waals surface area contributed by atoms with Crippen LogP contribution in [0.5, 0.6) is 0 Å². The molecule has 0 radical (unpaired) electrons. The monoisotopic (exact) mass is 414 g/mol. The van der Waals surface area contributed by atoms with Gasteiger partial charge in [0, 0.05) is 32.3 Å². The van der Waals surface area contributed by atoms with E-state index in [9.17, 15) is 14.7 Å². The molecule has 0 aromatic heterocycles. The zero-order valence-electron chi connectivity index (χ0n) is 19.3. The molecule has 0 aliphatic heterocycles. The summed E-state index contributed by atoms with van der Waals surface area (Å²) in [6, 6.07) is 0. The number of rotatable bonds is 20. The summed E-state index contributed by atoms with van der Waals surface area (Å²) in [5, 5.41) is 9.33. The predicted molar refractivity (Wildman–Crippen MR) is 118 cm³/mol. The Morgan fingerprint density at radius 2 is 1.21 bits per heavy atom. The lowest BCUT2D eigenvalue weighted by atomic mass is 9.98. The molecule has 1 unspecified atom stereocenters. The second-order valence-electron chi connectivity index (χ2n) is 8.40. The van der Waals surface area contributed by atoms with E-state index in [0.717, 1.165) is 32.1 Å². The van der Waals surface area contributed by atoms with Crippen molar-refractivity contribution in [3.8, 4) is 0 Å². The van der Waals surface area contributed by atoms with Crippen molar-refractivity contribution in [3.63, 3.8) is 0 Å². The topological polar surface area (TPSA) is 72.8 Å². The highest BCUT2D eigenvalue weighted by atomic mass is 16.6.